The lowest BCUT2D eigenvalue weighted by Gasteiger charge is -2.07. The highest BCUT2D eigenvalue weighted by atomic mass is 16.3. The molecule has 0 atom stereocenters. The highest BCUT2D eigenvalue weighted by Crippen LogP contribution is 2.40. The molecule has 0 fully saturated rings. The van der Waals surface area contributed by atoms with Crippen molar-refractivity contribution < 1.29 is 15.3 Å². The lowest BCUT2D eigenvalue weighted by molar-refractivity contribution is 0.451. The Kier molecular flexibility index (Phi) is 4.40. The molecule has 3 N–H and O–H groups in total. The van der Waals surface area contributed by atoms with E-state index >= 15 is 0 Å². The maximum absolute atomic E-state index is 10.4. The zero-order valence-corrected chi connectivity index (χ0v) is 16.7. The van der Waals surface area contributed by atoms with Gasteiger partial charge in [0.05, 0.1) is 11.4 Å². The lowest BCUT2D eigenvalue weighted by atomic mass is 10.0. The van der Waals surface area contributed by atoms with Crippen LogP contribution in [0.5, 0.6) is 17.2 Å². The molecule has 0 bridgehead atoms. The van der Waals surface area contributed by atoms with E-state index in [1.54, 1.807) is 12.1 Å². The van der Waals surface area contributed by atoms with Crippen LogP contribution in [-0.2, 0) is 6.42 Å². The fourth-order valence-corrected chi connectivity index (χ4v) is 3.90. The van der Waals surface area contributed by atoms with Crippen molar-refractivity contribution in [1.29, 1.82) is 0 Å². The average Bonchev–Trinajstić information content (AvgIpc) is 3.18. The van der Waals surface area contributed by atoms with Crippen LogP contribution in [0.2, 0.25) is 0 Å². The van der Waals surface area contributed by atoms with E-state index in [2.05, 4.69) is 15.2 Å². The summed E-state index contributed by atoms with van der Waals surface area (Å²) < 4.78 is 0. The summed E-state index contributed by atoms with van der Waals surface area (Å²) >= 11 is 0. The van der Waals surface area contributed by atoms with Gasteiger partial charge >= 0.3 is 0 Å². The molecule has 152 valence electrons. The molecule has 1 heterocycles. The van der Waals surface area contributed by atoms with E-state index in [4.69, 9.17) is 0 Å². The molecule has 6 nitrogen and oxygen atoms in total. The second-order valence-electron chi connectivity index (χ2n) is 7.56. The monoisotopic (exact) mass is 409 g/mol. The third-order valence-electron chi connectivity index (χ3n) is 5.43. The summed E-state index contributed by atoms with van der Waals surface area (Å²) in [5.74, 6) is 0.0913. The molecule has 4 aromatic rings. The summed E-state index contributed by atoms with van der Waals surface area (Å²) in [7, 11) is 0. The Morgan fingerprint density at radius 1 is 0.806 bits per heavy atom. The van der Waals surface area contributed by atoms with Crippen molar-refractivity contribution in [3.8, 4) is 17.2 Å². The van der Waals surface area contributed by atoms with Crippen LogP contribution in [0.3, 0.4) is 0 Å². The molecule has 31 heavy (non-hydrogen) atoms. The van der Waals surface area contributed by atoms with Crippen LogP contribution in [0.1, 0.15) is 16.7 Å². The molecule has 0 spiro atoms. The first kappa shape index (κ1) is 18.8. The van der Waals surface area contributed by atoms with Crippen molar-refractivity contribution in [3.63, 3.8) is 0 Å². The molecule has 1 aliphatic heterocycles. The van der Waals surface area contributed by atoms with Crippen LogP contribution in [0.15, 0.2) is 82.0 Å². The maximum Gasteiger partial charge on any atom is 0.145 e. The van der Waals surface area contributed by atoms with Gasteiger partial charge in [0.2, 0.25) is 0 Å². The number of aryl methyl sites for hydroxylation is 1. The largest absolute Gasteiger partial charge is 0.508 e. The standard InChI is InChI=1S/C25H19N3O3/c1-14-10-22(30)25(20-5-3-2-4-19(14)20)28-27-17-8-6-15(7-9-17)21-12-16-11-18(29)13-23(31)24(16)26-21/h2-11,13,29-31H,12H2,1H3. The van der Waals surface area contributed by atoms with Gasteiger partial charge in [-0.2, -0.15) is 5.11 Å². The highest BCUT2D eigenvalue weighted by molar-refractivity contribution is 6.07. The molecule has 6 heteroatoms. The van der Waals surface area contributed by atoms with Crippen LogP contribution in [-0.4, -0.2) is 21.0 Å². The number of benzene rings is 4. The predicted molar refractivity (Wildman–Crippen MR) is 121 cm³/mol. The van der Waals surface area contributed by atoms with Gasteiger partial charge < -0.3 is 15.3 Å². The number of phenolic OH excluding ortho intramolecular Hbond substituents is 3. The number of hydrogen-bond donors (Lipinski definition) is 3. The molecule has 5 rings (SSSR count). The molecule has 0 unspecified atom stereocenters. The van der Waals surface area contributed by atoms with Crippen LogP contribution >= 0.6 is 0 Å². The molecule has 4 aromatic carbocycles. The van der Waals surface area contributed by atoms with Gasteiger partial charge in [-0.1, -0.05) is 36.4 Å². The number of phenols is 3. The van der Waals surface area contributed by atoms with Gasteiger partial charge in [-0.3, -0.25) is 0 Å². The maximum atomic E-state index is 10.4. The van der Waals surface area contributed by atoms with Gasteiger partial charge in [0.15, 0.2) is 0 Å². The fraction of sp³-hybridized carbons (Fsp3) is 0.0800. The van der Waals surface area contributed by atoms with E-state index in [-0.39, 0.29) is 17.2 Å². The number of aromatic hydroxyl groups is 3. The molecule has 0 saturated heterocycles. The zero-order chi connectivity index (χ0) is 21.5. The van der Waals surface area contributed by atoms with E-state index in [1.165, 1.54) is 6.07 Å². The van der Waals surface area contributed by atoms with Crippen LogP contribution in [0, 0.1) is 6.92 Å². The second kappa shape index (κ2) is 7.25. The second-order valence-corrected chi connectivity index (χ2v) is 7.56. The van der Waals surface area contributed by atoms with Gasteiger partial charge in [-0.15, -0.1) is 5.11 Å². The number of hydrogen-bond acceptors (Lipinski definition) is 6. The van der Waals surface area contributed by atoms with E-state index in [0.717, 1.165) is 33.2 Å². The molecular formula is C25H19N3O3. The quantitative estimate of drug-likeness (QED) is 0.344. The van der Waals surface area contributed by atoms with Crippen LogP contribution in [0.4, 0.5) is 17.1 Å². The van der Waals surface area contributed by atoms with Crippen molar-refractivity contribution in [1.82, 2.24) is 0 Å². The molecule has 0 saturated carbocycles. The van der Waals surface area contributed by atoms with Crippen molar-refractivity contribution >= 4 is 33.5 Å². The lowest BCUT2D eigenvalue weighted by Crippen LogP contribution is -1.99. The van der Waals surface area contributed by atoms with E-state index in [1.807, 2.05) is 55.5 Å². The van der Waals surface area contributed by atoms with Gasteiger partial charge in [-0.05, 0) is 53.3 Å². The summed E-state index contributed by atoms with van der Waals surface area (Å²) in [5.41, 5.74) is 5.06. The van der Waals surface area contributed by atoms with E-state index in [0.29, 0.717) is 23.5 Å². The zero-order valence-electron chi connectivity index (χ0n) is 16.7. The third kappa shape index (κ3) is 3.38. The average molecular weight is 409 g/mol. The Morgan fingerprint density at radius 2 is 1.55 bits per heavy atom. The number of rotatable bonds is 3. The summed E-state index contributed by atoms with van der Waals surface area (Å²) in [6, 6.07) is 19.8. The highest BCUT2D eigenvalue weighted by Gasteiger charge is 2.20. The topological polar surface area (TPSA) is 97.8 Å². The minimum absolute atomic E-state index is 0.0235. The normalized spacial score (nSPS) is 13.0. The number of nitrogens with zero attached hydrogens (tertiary/aromatic N) is 3. The summed E-state index contributed by atoms with van der Waals surface area (Å²) in [5, 5.41) is 40.5. The van der Waals surface area contributed by atoms with Crippen molar-refractivity contribution in [3.05, 3.63) is 83.4 Å². The van der Waals surface area contributed by atoms with Gasteiger partial charge in [-0.25, -0.2) is 4.99 Å². The Morgan fingerprint density at radius 3 is 2.32 bits per heavy atom. The van der Waals surface area contributed by atoms with Gasteiger partial charge in [0.25, 0.3) is 0 Å². The summed E-state index contributed by atoms with van der Waals surface area (Å²) in [6.07, 6.45) is 0.529. The molecular weight excluding hydrogens is 390 g/mol. The minimum Gasteiger partial charge on any atom is -0.508 e. The molecule has 0 amide bonds. The first-order valence-corrected chi connectivity index (χ1v) is 9.85. The number of aliphatic imine (C=N–C) groups is 1. The predicted octanol–water partition coefficient (Wildman–Crippen LogP) is 6.36. The summed E-state index contributed by atoms with van der Waals surface area (Å²) in [4.78, 5) is 4.51. The third-order valence-corrected chi connectivity index (χ3v) is 5.43. The molecule has 1 aliphatic rings. The molecule has 0 aromatic heterocycles. The fourth-order valence-electron chi connectivity index (χ4n) is 3.90. The van der Waals surface area contributed by atoms with Crippen molar-refractivity contribution in [2.45, 2.75) is 13.3 Å². The van der Waals surface area contributed by atoms with E-state index < -0.39 is 0 Å². The minimum atomic E-state index is -0.0273. The van der Waals surface area contributed by atoms with Crippen molar-refractivity contribution in [2.24, 2.45) is 15.2 Å². The Hall–Kier alpha value is -4.19. The van der Waals surface area contributed by atoms with Crippen LogP contribution in [0.25, 0.3) is 10.8 Å². The van der Waals surface area contributed by atoms with Gasteiger partial charge in [0.1, 0.15) is 28.6 Å². The van der Waals surface area contributed by atoms with E-state index in [9.17, 15) is 15.3 Å². The Bertz CT molecular complexity index is 1390. The first-order chi connectivity index (χ1) is 15.0. The summed E-state index contributed by atoms with van der Waals surface area (Å²) in [6.45, 7) is 1.95. The number of azo groups is 1. The SMILES string of the molecule is Cc1cc(O)c(N=Nc2ccc(C3=Nc4c(O)cc(O)cc4C3)cc2)c2ccccc12. The number of fused-ring (bicyclic) bond motifs is 2. The molecule has 0 radical (unpaired) electrons. The first-order valence-electron chi connectivity index (χ1n) is 9.85. The molecule has 0 aliphatic carbocycles. The smallest absolute Gasteiger partial charge is 0.145 e. The Labute approximate surface area is 178 Å². The van der Waals surface area contributed by atoms with Gasteiger partial charge in [0, 0.05) is 17.9 Å². The van der Waals surface area contributed by atoms with Crippen molar-refractivity contribution in [2.75, 3.05) is 0 Å². The Balaban J connectivity index is 1.42. The van der Waals surface area contributed by atoms with Crippen LogP contribution < -0.4 is 0 Å².